The highest BCUT2D eigenvalue weighted by Crippen LogP contribution is 2.29. The Morgan fingerprint density at radius 2 is 2.08 bits per heavy atom. The normalized spacial score (nSPS) is 23.2. The van der Waals surface area contributed by atoms with Gasteiger partial charge in [-0.2, -0.15) is 16.7 Å². The molecule has 6 nitrogen and oxygen atoms in total. The molecule has 0 radical (unpaired) electrons. The Labute approximate surface area is 157 Å². The van der Waals surface area contributed by atoms with Gasteiger partial charge in [0.25, 0.3) is 5.91 Å². The fourth-order valence-electron chi connectivity index (χ4n) is 4.02. The van der Waals surface area contributed by atoms with Crippen LogP contribution in [0.15, 0.2) is 34.9 Å². The lowest BCUT2D eigenvalue weighted by Gasteiger charge is -2.34. The first-order valence-corrected chi connectivity index (χ1v) is 10.5. The van der Waals surface area contributed by atoms with Gasteiger partial charge in [0.2, 0.25) is 5.89 Å². The lowest BCUT2D eigenvalue weighted by atomic mass is 9.95. The highest BCUT2D eigenvalue weighted by atomic mass is 32.2. The van der Waals surface area contributed by atoms with Crippen LogP contribution in [0.2, 0.25) is 0 Å². The number of thioether (sulfide) groups is 1. The van der Waals surface area contributed by atoms with Crippen LogP contribution in [0.5, 0.6) is 0 Å². The van der Waals surface area contributed by atoms with Gasteiger partial charge in [-0.25, -0.2) is 0 Å². The number of hydrogen-bond donors (Lipinski definition) is 0. The summed E-state index contributed by atoms with van der Waals surface area (Å²) in [6.07, 6.45) is 4.33. The van der Waals surface area contributed by atoms with Crippen molar-refractivity contribution >= 4 is 17.7 Å². The predicted molar refractivity (Wildman–Crippen MR) is 101 cm³/mol. The molecule has 26 heavy (non-hydrogen) atoms. The van der Waals surface area contributed by atoms with E-state index >= 15 is 0 Å². The summed E-state index contributed by atoms with van der Waals surface area (Å²) in [7, 11) is 0. The molecule has 7 heteroatoms. The zero-order chi connectivity index (χ0) is 17.9. The Morgan fingerprint density at radius 3 is 2.88 bits per heavy atom. The van der Waals surface area contributed by atoms with Crippen LogP contribution in [0.4, 0.5) is 0 Å². The molecule has 2 bridgehead atoms. The highest BCUT2D eigenvalue weighted by molar-refractivity contribution is 7.97. The molecule has 1 aromatic heterocycles. The lowest BCUT2D eigenvalue weighted by molar-refractivity contribution is 0.0732. The Kier molecular flexibility index (Phi) is 5.26. The summed E-state index contributed by atoms with van der Waals surface area (Å²) in [5.41, 5.74) is 0.777. The van der Waals surface area contributed by atoms with Crippen LogP contribution < -0.4 is 0 Å². The van der Waals surface area contributed by atoms with Crippen molar-refractivity contribution in [3.8, 4) is 0 Å². The number of carbonyl (C=O) groups is 1. The van der Waals surface area contributed by atoms with Crippen LogP contribution in [-0.2, 0) is 12.3 Å². The number of fused-ring (bicyclic) bond motifs is 4. The van der Waals surface area contributed by atoms with Crippen molar-refractivity contribution in [1.29, 1.82) is 0 Å². The third-order valence-electron chi connectivity index (χ3n) is 5.26. The fourth-order valence-corrected chi connectivity index (χ4v) is 4.39. The third-order valence-corrected chi connectivity index (χ3v) is 5.80. The van der Waals surface area contributed by atoms with E-state index in [0.29, 0.717) is 24.4 Å². The van der Waals surface area contributed by atoms with Crippen LogP contribution in [0.25, 0.3) is 0 Å². The quantitative estimate of drug-likeness (QED) is 0.804. The summed E-state index contributed by atoms with van der Waals surface area (Å²) in [6, 6.07) is 9.95. The first-order valence-electron chi connectivity index (χ1n) is 9.11. The standard InChI is InChI=1S/C19H24N4O2S/c1-26-13-17-20-18(25-21-17)12-22-9-14-7-8-16(22)11-23(10-14)19(24)15-5-3-2-4-6-15/h2-6,14,16H,7-13H2,1H3/t14-,16-/m1/s1. The monoisotopic (exact) mass is 372 g/mol. The number of piperidine rings is 1. The molecule has 0 aliphatic carbocycles. The zero-order valence-electron chi connectivity index (χ0n) is 15.0. The van der Waals surface area contributed by atoms with E-state index in [2.05, 4.69) is 15.0 Å². The SMILES string of the molecule is CSCc1noc(CN2C[C@H]3CC[C@@H]2CN(C(=O)c2ccccc2)C3)n1. The maximum atomic E-state index is 12.9. The van der Waals surface area contributed by atoms with E-state index in [1.165, 1.54) is 6.42 Å². The summed E-state index contributed by atoms with van der Waals surface area (Å²) in [4.78, 5) is 21.8. The summed E-state index contributed by atoms with van der Waals surface area (Å²) in [5, 5.41) is 4.04. The molecule has 0 N–H and O–H groups in total. The summed E-state index contributed by atoms with van der Waals surface area (Å²) < 4.78 is 5.42. The molecule has 3 fully saturated rings. The minimum atomic E-state index is 0.143. The van der Waals surface area contributed by atoms with Gasteiger partial charge in [0.05, 0.1) is 12.3 Å². The van der Waals surface area contributed by atoms with Gasteiger partial charge in [-0.15, -0.1) is 0 Å². The van der Waals surface area contributed by atoms with E-state index in [0.717, 1.165) is 43.2 Å². The summed E-state index contributed by atoms with van der Waals surface area (Å²) in [6.45, 7) is 3.28. The molecule has 0 saturated carbocycles. The number of hydrogen-bond acceptors (Lipinski definition) is 6. The largest absolute Gasteiger partial charge is 0.338 e. The summed E-state index contributed by atoms with van der Waals surface area (Å²) in [5.74, 6) is 2.87. The van der Waals surface area contributed by atoms with Crippen LogP contribution in [0.3, 0.4) is 0 Å². The lowest BCUT2D eigenvalue weighted by Crippen LogP contribution is -2.44. The zero-order valence-corrected chi connectivity index (χ0v) is 15.8. The van der Waals surface area contributed by atoms with Gasteiger partial charge in [-0.3, -0.25) is 9.69 Å². The minimum absolute atomic E-state index is 0.143. The maximum absolute atomic E-state index is 12.9. The van der Waals surface area contributed by atoms with Gasteiger partial charge in [0.15, 0.2) is 5.82 Å². The third kappa shape index (κ3) is 3.78. The molecule has 0 spiro atoms. The Bertz CT molecular complexity index is 751. The van der Waals surface area contributed by atoms with E-state index in [1.807, 2.05) is 41.5 Å². The Morgan fingerprint density at radius 1 is 1.23 bits per heavy atom. The van der Waals surface area contributed by atoms with Crippen molar-refractivity contribution in [3.63, 3.8) is 0 Å². The molecule has 1 aromatic carbocycles. The van der Waals surface area contributed by atoms with Crippen molar-refractivity contribution in [2.24, 2.45) is 5.92 Å². The number of amides is 1. The molecular formula is C19H24N4O2S. The van der Waals surface area contributed by atoms with Crippen molar-refractivity contribution in [2.45, 2.75) is 31.2 Å². The van der Waals surface area contributed by atoms with Gasteiger partial charge in [0, 0.05) is 31.2 Å². The molecule has 3 aliphatic rings. The number of carbonyl (C=O) groups excluding carboxylic acids is 1. The predicted octanol–water partition coefficient (Wildman–Crippen LogP) is 2.67. The molecule has 2 aromatic rings. The van der Waals surface area contributed by atoms with Crippen molar-refractivity contribution in [2.75, 3.05) is 25.9 Å². The van der Waals surface area contributed by atoms with Crippen molar-refractivity contribution in [3.05, 3.63) is 47.6 Å². The van der Waals surface area contributed by atoms with Crippen LogP contribution in [-0.4, -0.2) is 57.8 Å². The highest BCUT2D eigenvalue weighted by Gasteiger charge is 2.37. The number of rotatable bonds is 5. The second kappa shape index (κ2) is 7.80. The second-order valence-electron chi connectivity index (χ2n) is 7.14. The van der Waals surface area contributed by atoms with Crippen LogP contribution >= 0.6 is 11.8 Å². The van der Waals surface area contributed by atoms with E-state index < -0.39 is 0 Å². The number of aromatic nitrogens is 2. The Hall–Kier alpha value is -1.86. The second-order valence-corrected chi connectivity index (χ2v) is 8.01. The van der Waals surface area contributed by atoms with Gasteiger partial charge in [-0.05, 0) is 37.1 Å². The van der Waals surface area contributed by atoms with E-state index in [1.54, 1.807) is 11.8 Å². The molecule has 0 unspecified atom stereocenters. The molecule has 4 heterocycles. The Balaban J connectivity index is 1.45. The van der Waals surface area contributed by atoms with Gasteiger partial charge >= 0.3 is 0 Å². The molecule has 1 amide bonds. The van der Waals surface area contributed by atoms with E-state index in [4.69, 9.17) is 4.52 Å². The molecule has 3 aliphatic heterocycles. The molecule has 3 saturated heterocycles. The van der Waals surface area contributed by atoms with Gasteiger partial charge in [-0.1, -0.05) is 23.4 Å². The van der Waals surface area contributed by atoms with E-state index in [9.17, 15) is 4.79 Å². The van der Waals surface area contributed by atoms with Gasteiger partial charge < -0.3 is 9.42 Å². The number of nitrogens with zero attached hydrogens (tertiary/aromatic N) is 4. The molecule has 2 atom stereocenters. The fraction of sp³-hybridized carbons (Fsp3) is 0.526. The average molecular weight is 372 g/mol. The topological polar surface area (TPSA) is 62.5 Å². The van der Waals surface area contributed by atoms with Crippen LogP contribution in [0.1, 0.15) is 34.9 Å². The van der Waals surface area contributed by atoms with Crippen molar-refractivity contribution in [1.82, 2.24) is 19.9 Å². The van der Waals surface area contributed by atoms with Crippen molar-refractivity contribution < 1.29 is 9.32 Å². The molecule has 138 valence electrons. The smallest absolute Gasteiger partial charge is 0.253 e. The maximum Gasteiger partial charge on any atom is 0.253 e. The average Bonchev–Trinajstić information content (AvgIpc) is 2.90. The first-order chi connectivity index (χ1) is 12.7. The minimum Gasteiger partial charge on any atom is -0.338 e. The van der Waals surface area contributed by atoms with E-state index in [-0.39, 0.29) is 5.91 Å². The van der Waals surface area contributed by atoms with Gasteiger partial charge in [0.1, 0.15) is 0 Å². The molecule has 5 rings (SSSR count). The molecular weight excluding hydrogens is 348 g/mol. The summed E-state index contributed by atoms with van der Waals surface area (Å²) >= 11 is 1.69. The van der Waals surface area contributed by atoms with Crippen LogP contribution in [0, 0.1) is 5.92 Å². The number of benzene rings is 1. The first kappa shape index (κ1) is 17.5.